The third-order valence-corrected chi connectivity index (χ3v) is 2.10. The largest absolute Gasteiger partial charge is 0.0622 e. The molecule has 0 aliphatic heterocycles. The van der Waals surface area contributed by atoms with Gasteiger partial charge in [0.05, 0.1) is 0 Å². The Morgan fingerprint density at radius 3 is 2.09 bits per heavy atom. The van der Waals surface area contributed by atoms with E-state index in [1.165, 1.54) is 11.5 Å². The topological polar surface area (TPSA) is 0 Å². The van der Waals surface area contributed by atoms with Crippen molar-refractivity contribution in [1.29, 1.82) is 0 Å². The predicted octanol–water partition coefficient (Wildman–Crippen LogP) is 3.29. The van der Waals surface area contributed by atoms with Crippen molar-refractivity contribution < 1.29 is 0 Å². The minimum atomic E-state index is 0.650. The summed E-state index contributed by atoms with van der Waals surface area (Å²) < 4.78 is 0. The van der Waals surface area contributed by atoms with Gasteiger partial charge in [-0.1, -0.05) is 51.1 Å². The van der Waals surface area contributed by atoms with Gasteiger partial charge in [0.25, 0.3) is 0 Å². The summed E-state index contributed by atoms with van der Waals surface area (Å²) in [5.74, 6) is 2.11. The lowest BCUT2D eigenvalue weighted by molar-refractivity contribution is 0.690. The molecule has 0 aromatic heterocycles. The summed E-state index contributed by atoms with van der Waals surface area (Å²) in [6, 6.07) is 10.5. The van der Waals surface area contributed by atoms with Gasteiger partial charge in [-0.15, -0.1) is 0 Å². The molecule has 0 saturated heterocycles. The fourth-order valence-electron chi connectivity index (χ4n) is 1.03. The zero-order valence-electron chi connectivity index (χ0n) is 7.46. The van der Waals surface area contributed by atoms with E-state index in [1.807, 2.05) is 0 Å². The standard InChI is InChI=1S/C11H15/c1-9(2)10(3)11-7-5-4-6-8-11/h4-9H,1-3H3. The lowest BCUT2D eigenvalue weighted by atomic mass is 9.91. The van der Waals surface area contributed by atoms with E-state index >= 15 is 0 Å². The number of benzene rings is 1. The van der Waals surface area contributed by atoms with Gasteiger partial charge in [-0.3, -0.25) is 0 Å². The molecule has 59 valence electrons. The smallest absolute Gasteiger partial charge is 0.00443 e. The van der Waals surface area contributed by atoms with Crippen molar-refractivity contribution in [2.24, 2.45) is 5.92 Å². The lowest BCUT2D eigenvalue weighted by Crippen LogP contribution is -2.02. The first-order chi connectivity index (χ1) is 5.22. The van der Waals surface area contributed by atoms with E-state index in [0.717, 1.165) is 0 Å². The van der Waals surface area contributed by atoms with Crippen molar-refractivity contribution in [2.75, 3.05) is 0 Å². The zero-order valence-corrected chi connectivity index (χ0v) is 7.46. The lowest BCUT2D eigenvalue weighted by Gasteiger charge is -2.14. The van der Waals surface area contributed by atoms with Gasteiger partial charge in [0.2, 0.25) is 0 Å². The maximum absolute atomic E-state index is 2.22. The average molecular weight is 147 g/mol. The van der Waals surface area contributed by atoms with Crippen molar-refractivity contribution in [2.45, 2.75) is 20.8 Å². The molecular weight excluding hydrogens is 132 g/mol. The van der Waals surface area contributed by atoms with E-state index in [9.17, 15) is 0 Å². The molecule has 0 unspecified atom stereocenters. The van der Waals surface area contributed by atoms with Gasteiger partial charge >= 0.3 is 0 Å². The molecule has 0 bridgehead atoms. The second-order valence-electron chi connectivity index (χ2n) is 3.20. The summed E-state index contributed by atoms with van der Waals surface area (Å²) in [6.07, 6.45) is 0. The van der Waals surface area contributed by atoms with Gasteiger partial charge in [0.1, 0.15) is 0 Å². The van der Waals surface area contributed by atoms with Crippen LogP contribution in [-0.4, -0.2) is 0 Å². The Labute approximate surface area is 69.3 Å². The Bertz CT molecular complexity index is 199. The van der Waals surface area contributed by atoms with E-state index in [4.69, 9.17) is 0 Å². The zero-order chi connectivity index (χ0) is 8.27. The monoisotopic (exact) mass is 147 g/mol. The van der Waals surface area contributed by atoms with Crippen LogP contribution in [0.1, 0.15) is 26.3 Å². The number of hydrogen-bond acceptors (Lipinski definition) is 0. The molecule has 0 N–H and O–H groups in total. The van der Waals surface area contributed by atoms with Crippen molar-refractivity contribution in [3.05, 3.63) is 41.8 Å². The molecule has 0 nitrogen and oxygen atoms in total. The molecular formula is C11H15. The molecule has 1 aromatic carbocycles. The highest BCUT2D eigenvalue weighted by molar-refractivity contribution is 5.29. The summed E-state index contributed by atoms with van der Waals surface area (Å²) in [5, 5.41) is 0. The van der Waals surface area contributed by atoms with E-state index in [-0.39, 0.29) is 0 Å². The number of hydrogen-bond donors (Lipinski definition) is 0. The van der Waals surface area contributed by atoms with Crippen LogP contribution in [0.5, 0.6) is 0 Å². The number of rotatable bonds is 2. The van der Waals surface area contributed by atoms with Crippen molar-refractivity contribution in [3.63, 3.8) is 0 Å². The van der Waals surface area contributed by atoms with Crippen LogP contribution in [0.4, 0.5) is 0 Å². The SMILES string of the molecule is C[C](c1ccccc1)C(C)C. The molecule has 0 spiro atoms. The molecule has 1 radical (unpaired) electrons. The van der Waals surface area contributed by atoms with Crippen LogP contribution >= 0.6 is 0 Å². The van der Waals surface area contributed by atoms with Crippen LogP contribution in [0.2, 0.25) is 0 Å². The molecule has 0 heteroatoms. The van der Waals surface area contributed by atoms with Gasteiger partial charge in [0, 0.05) is 5.92 Å². The maximum atomic E-state index is 2.22. The normalized spacial score (nSPS) is 11.0. The minimum absolute atomic E-state index is 0.650. The van der Waals surface area contributed by atoms with Crippen LogP contribution in [-0.2, 0) is 0 Å². The molecule has 0 heterocycles. The van der Waals surface area contributed by atoms with Gasteiger partial charge in [-0.05, 0) is 11.5 Å². The molecule has 1 aromatic rings. The molecule has 1 rings (SSSR count). The van der Waals surface area contributed by atoms with Crippen LogP contribution in [0.15, 0.2) is 30.3 Å². The van der Waals surface area contributed by atoms with E-state index in [0.29, 0.717) is 5.92 Å². The molecule has 0 fully saturated rings. The first-order valence-corrected chi connectivity index (χ1v) is 4.10. The Morgan fingerprint density at radius 1 is 1.09 bits per heavy atom. The van der Waals surface area contributed by atoms with Gasteiger partial charge in [-0.2, -0.15) is 0 Å². The maximum Gasteiger partial charge on any atom is 0.00443 e. The summed E-state index contributed by atoms with van der Waals surface area (Å²) in [4.78, 5) is 0. The molecule has 0 atom stereocenters. The summed E-state index contributed by atoms with van der Waals surface area (Å²) in [5.41, 5.74) is 1.36. The van der Waals surface area contributed by atoms with Crippen LogP contribution in [0.3, 0.4) is 0 Å². The molecule has 0 aliphatic rings. The molecule has 0 amide bonds. The fraction of sp³-hybridized carbons (Fsp3) is 0.364. The van der Waals surface area contributed by atoms with Crippen LogP contribution in [0, 0.1) is 11.8 Å². The van der Waals surface area contributed by atoms with Gasteiger partial charge in [-0.25, -0.2) is 0 Å². The van der Waals surface area contributed by atoms with Crippen molar-refractivity contribution >= 4 is 0 Å². The van der Waals surface area contributed by atoms with Crippen molar-refractivity contribution in [1.82, 2.24) is 0 Å². The first kappa shape index (κ1) is 8.32. The summed E-state index contributed by atoms with van der Waals surface area (Å²) in [7, 11) is 0. The third-order valence-electron chi connectivity index (χ3n) is 2.10. The Balaban J connectivity index is 2.77. The molecule has 0 aliphatic carbocycles. The second kappa shape index (κ2) is 3.56. The van der Waals surface area contributed by atoms with E-state index < -0.39 is 0 Å². The quantitative estimate of drug-likeness (QED) is 0.602. The van der Waals surface area contributed by atoms with Crippen molar-refractivity contribution in [3.8, 4) is 0 Å². The Kier molecular flexibility index (Phi) is 2.70. The highest BCUT2D eigenvalue weighted by Crippen LogP contribution is 2.21. The minimum Gasteiger partial charge on any atom is -0.0622 e. The highest BCUT2D eigenvalue weighted by Gasteiger charge is 2.08. The molecule has 0 saturated carbocycles. The van der Waals surface area contributed by atoms with Gasteiger partial charge < -0.3 is 0 Å². The first-order valence-electron chi connectivity index (χ1n) is 4.10. The highest BCUT2D eigenvalue weighted by atomic mass is 14.1. The Hall–Kier alpha value is -0.780. The van der Waals surface area contributed by atoms with Gasteiger partial charge in [0.15, 0.2) is 0 Å². The Morgan fingerprint density at radius 2 is 1.64 bits per heavy atom. The van der Waals surface area contributed by atoms with Crippen LogP contribution in [0.25, 0.3) is 0 Å². The summed E-state index contributed by atoms with van der Waals surface area (Å²) in [6.45, 7) is 6.64. The van der Waals surface area contributed by atoms with E-state index in [2.05, 4.69) is 51.1 Å². The third kappa shape index (κ3) is 2.07. The van der Waals surface area contributed by atoms with Crippen LogP contribution < -0.4 is 0 Å². The second-order valence-corrected chi connectivity index (χ2v) is 3.20. The molecule has 11 heavy (non-hydrogen) atoms. The predicted molar refractivity (Wildman–Crippen MR) is 49.3 cm³/mol. The van der Waals surface area contributed by atoms with E-state index in [1.54, 1.807) is 0 Å². The fourth-order valence-corrected chi connectivity index (χ4v) is 1.03. The average Bonchev–Trinajstić information content (AvgIpc) is 2.05. The summed E-state index contributed by atoms with van der Waals surface area (Å²) >= 11 is 0.